The molecule has 1 amide bonds. The van der Waals surface area contributed by atoms with Gasteiger partial charge in [0.25, 0.3) is 5.91 Å². The van der Waals surface area contributed by atoms with E-state index in [0.29, 0.717) is 12.2 Å². The third-order valence-corrected chi connectivity index (χ3v) is 6.99. The van der Waals surface area contributed by atoms with Crippen LogP contribution in [0.15, 0.2) is 102 Å². The fourth-order valence-electron chi connectivity index (χ4n) is 4.31. The van der Waals surface area contributed by atoms with E-state index in [1.54, 1.807) is 18.3 Å². The molecule has 1 N–H and O–H groups in total. The van der Waals surface area contributed by atoms with Crippen molar-refractivity contribution >= 4 is 45.5 Å². The van der Waals surface area contributed by atoms with Crippen LogP contribution in [0.5, 0.6) is 5.75 Å². The van der Waals surface area contributed by atoms with Crippen LogP contribution in [0.4, 0.5) is 0 Å². The Balaban J connectivity index is 1.19. The van der Waals surface area contributed by atoms with E-state index in [2.05, 4.69) is 93.1 Å². The van der Waals surface area contributed by atoms with Crippen LogP contribution in [0, 0.1) is 17.4 Å². The Morgan fingerprint density at radius 3 is 2.41 bits per heavy atom. The van der Waals surface area contributed by atoms with Crippen molar-refractivity contribution in [1.29, 1.82) is 0 Å². The predicted molar refractivity (Wildman–Crippen MR) is 158 cm³/mol. The van der Waals surface area contributed by atoms with Crippen LogP contribution in [-0.4, -0.2) is 16.7 Å². The normalized spacial score (nSPS) is 11.2. The van der Waals surface area contributed by atoms with Crippen LogP contribution in [-0.2, 0) is 6.61 Å². The van der Waals surface area contributed by atoms with Gasteiger partial charge in [-0.05, 0) is 107 Å². The number of hydrazone groups is 1. The average molecular weight is 599 g/mol. The van der Waals surface area contributed by atoms with Crippen molar-refractivity contribution in [2.24, 2.45) is 5.10 Å². The van der Waals surface area contributed by atoms with Gasteiger partial charge >= 0.3 is 0 Å². The number of rotatable bonds is 7. The first-order valence-electron chi connectivity index (χ1n) is 12.0. The third kappa shape index (κ3) is 5.75. The molecule has 0 fully saturated rings. The number of carbonyl (C=O) groups excluding carboxylic acids is 1. The summed E-state index contributed by atoms with van der Waals surface area (Å²) in [7, 11) is 0. The molecule has 0 aliphatic carbocycles. The molecule has 5 rings (SSSR count). The van der Waals surface area contributed by atoms with Crippen LogP contribution in [0.1, 0.15) is 32.9 Å². The fourth-order valence-corrected chi connectivity index (χ4v) is 4.67. The summed E-state index contributed by atoms with van der Waals surface area (Å²) in [5, 5.41) is 6.53. The topological polar surface area (TPSA) is 55.6 Å². The highest BCUT2D eigenvalue weighted by Gasteiger charge is 2.10. The van der Waals surface area contributed by atoms with Crippen LogP contribution >= 0.6 is 22.6 Å². The van der Waals surface area contributed by atoms with E-state index in [4.69, 9.17) is 4.74 Å². The standard InChI is InChI=1S/C31H26IN3O2/c1-21-17-27(22(2)35(21)29-14-12-28(32)13-15-29)19-33-34-31(36)25-9-7-23(8-10-25)20-37-30-16-11-24-5-3-4-6-26(24)18-30/h3-19H,20H2,1-2H3,(H,34,36). The second-order valence-corrected chi connectivity index (χ2v) is 10.1. The van der Waals surface area contributed by atoms with Gasteiger partial charge in [0, 0.05) is 31.8 Å². The Morgan fingerprint density at radius 1 is 0.919 bits per heavy atom. The molecule has 0 unspecified atom stereocenters. The first-order chi connectivity index (χ1) is 18.0. The molecule has 1 aromatic heterocycles. The predicted octanol–water partition coefficient (Wildman–Crippen LogP) is 7.19. The number of carbonyl (C=O) groups is 1. The lowest BCUT2D eigenvalue weighted by atomic mass is 10.1. The molecular formula is C31H26IN3O2. The van der Waals surface area contributed by atoms with E-state index in [1.807, 2.05) is 43.3 Å². The van der Waals surface area contributed by atoms with Crippen LogP contribution in [0.3, 0.4) is 0 Å². The Hall–Kier alpha value is -3.91. The molecule has 5 nitrogen and oxygen atoms in total. The van der Waals surface area contributed by atoms with E-state index in [1.165, 1.54) is 8.96 Å². The SMILES string of the molecule is Cc1cc(C=NNC(=O)c2ccc(COc3ccc4ccccc4c3)cc2)c(C)n1-c1ccc(I)cc1. The van der Waals surface area contributed by atoms with E-state index >= 15 is 0 Å². The van der Waals surface area contributed by atoms with Gasteiger partial charge in [0.15, 0.2) is 0 Å². The average Bonchev–Trinajstić information content (AvgIpc) is 3.20. The van der Waals surface area contributed by atoms with E-state index in [-0.39, 0.29) is 5.91 Å². The number of benzene rings is 4. The number of hydrogen-bond acceptors (Lipinski definition) is 3. The maximum Gasteiger partial charge on any atom is 0.271 e. The molecule has 0 atom stereocenters. The van der Waals surface area contributed by atoms with Crippen molar-refractivity contribution in [1.82, 2.24) is 9.99 Å². The first kappa shape index (κ1) is 24.8. The number of hydrogen-bond donors (Lipinski definition) is 1. The van der Waals surface area contributed by atoms with Gasteiger partial charge in [-0.3, -0.25) is 4.79 Å². The maximum absolute atomic E-state index is 12.6. The smallest absolute Gasteiger partial charge is 0.271 e. The van der Waals surface area contributed by atoms with Gasteiger partial charge in [0.05, 0.1) is 6.21 Å². The van der Waals surface area contributed by atoms with Crippen LogP contribution < -0.4 is 10.2 Å². The summed E-state index contributed by atoms with van der Waals surface area (Å²) in [6, 6.07) is 32.0. The number of nitrogens with one attached hydrogen (secondary N) is 1. The highest BCUT2D eigenvalue weighted by atomic mass is 127. The highest BCUT2D eigenvalue weighted by molar-refractivity contribution is 14.1. The van der Waals surface area contributed by atoms with Gasteiger partial charge in [0.1, 0.15) is 12.4 Å². The second kappa shape index (κ2) is 11.0. The molecule has 0 saturated carbocycles. The summed E-state index contributed by atoms with van der Waals surface area (Å²) in [6.45, 7) is 4.54. The lowest BCUT2D eigenvalue weighted by Crippen LogP contribution is -2.17. The molecule has 6 heteroatoms. The molecule has 37 heavy (non-hydrogen) atoms. The van der Waals surface area contributed by atoms with Gasteiger partial charge in [0.2, 0.25) is 0 Å². The summed E-state index contributed by atoms with van der Waals surface area (Å²) in [6.07, 6.45) is 1.69. The molecule has 184 valence electrons. The zero-order valence-electron chi connectivity index (χ0n) is 20.6. The lowest BCUT2D eigenvalue weighted by molar-refractivity contribution is 0.0955. The monoisotopic (exact) mass is 599 g/mol. The molecular weight excluding hydrogens is 573 g/mol. The Labute approximate surface area is 229 Å². The number of aromatic nitrogens is 1. The number of halogens is 1. The van der Waals surface area contributed by atoms with Crippen molar-refractivity contribution in [2.75, 3.05) is 0 Å². The number of fused-ring (bicyclic) bond motifs is 1. The van der Waals surface area contributed by atoms with Gasteiger partial charge in [-0.1, -0.05) is 42.5 Å². The minimum atomic E-state index is -0.260. The van der Waals surface area contributed by atoms with Gasteiger partial charge < -0.3 is 9.30 Å². The molecule has 5 aromatic rings. The summed E-state index contributed by atoms with van der Waals surface area (Å²) in [4.78, 5) is 12.6. The number of aryl methyl sites for hydroxylation is 1. The number of ether oxygens (including phenoxy) is 1. The number of amides is 1. The van der Waals surface area contributed by atoms with E-state index in [0.717, 1.165) is 39.3 Å². The fraction of sp³-hybridized carbons (Fsp3) is 0.0968. The summed E-state index contributed by atoms with van der Waals surface area (Å²) in [5.74, 6) is 0.556. The molecule has 0 aliphatic heterocycles. The summed E-state index contributed by atoms with van der Waals surface area (Å²) in [5.41, 5.74) is 8.38. The molecule has 0 bridgehead atoms. The van der Waals surface area contributed by atoms with Crippen molar-refractivity contribution in [3.8, 4) is 11.4 Å². The molecule has 0 saturated heterocycles. The Morgan fingerprint density at radius 2 is 1.65 bits per heavy atom. The van der Waals surface area contributed by atoms with Crippen LogP contribution in [0.25, 0.3) is 16.5 Å². The third-order valence-electron chi connectivity index (χ3n) is 6.27. The van der Waals surface area contributed by atoms with E-state index in [9.17, 15) is 4.79 Å². The lowest BCUT2D eigenvalue weighted by Gasteiger charge is -2.09. The second-order valence-electron chi connectivity index (χ2n) is 8.83. The van der Waals surface area contributed by atoms with Crippen molar-refractivity contribution in [3.63, 3.8) is 0 Å². The molecule has 0 radical (unpaired) electrons. The van der Waals surface area contributed by atoms with Gasteiger partial charge in [-0.15, -0.1) is 0 Å². The van der Waals surface area contributed by atoms with Crippen molar-refractivity contribution in [2.45, 2.75) is 20.5 Å². The zero-order valence-corrected chi connectivity index (χ0v) is 22.8. The summed E-state index contributed by atoms with van der Waals surface area (Å²) < 4.78 is 9.32. The zero-order chi connectivity index (χ0) is 25.8. The molecule has 0 spiro atoms. The Bertz CT molecular complexity index is 1590. The maximum atomic E-state index is 12.6. The minimum absolute atomic E-state index is 0.260. The highest BCUT2D eigenvalue weighted by Crippen LogP contribution is 2.22. The summed E-state index contributed by atoms with van der Waals surface area (Å²) >= 11 is 2.30. The van der Waals surface area contributed by atoms with Crippen molar-refractivity contribution < 1.29 is 9.53 Å². The largest absolute Gasteiger partial charge is 0.489 e. The number of nitrogens with zero attached hydrogens (tertiary/aromatic N) is 2. The minimum Gasteiger partial charge on any atom is -0.489 e. The van der Waals surface area contributed by atoms with Gasteiger partial charge in [-0.2, -0.15) is 5.10 Å². The van der Waals surface area contributed by atoms with E-state index < -0.39 is 0 Å². The first-order valence-corrected chi connectivity index (χ1v) is 13.0. The van der Waals surface area contributed by atoms with Gasteiger partial charge in [-0.25, -0.2) is 5.43 Å². The Kier molecular flexibility index (Phi) is 7.37. The van der Waals surface area contributed by atoms with Crippen LogP contribution in [0.2, 0.25) is 0 Å². The van der Waals surface area contributed by atoms with Crippen molar-refractivity contribution in [3.05, 3.63) is 129 Å². The molecule has 0 aliphatic rings. The molecule has 4 aromatic carbocycles. The molecule has 1 heterocycles. The quantitative estimate of drug-likeness (QED) is 0.122.